The van der Waals surface area contributed by atoms with Gasteiger partial charge in [0.05, 0.1) is 6.26 Å². The number of benzene rings is 2. The molecular formula is C20H25N3O3S. The fourth-order valence-corrected chi connectivity index (χ4v) is 3.74. The molecule has 1 aliphatic heterocycles. The lowest BCUT2D eigenvalue weighted by Crippen LogP contribution is -2.29. The van der Waals surface area contributed by atoms with Crippen molar-refractivity contribution in [2.24, 2.45) is 0 Å². The summed E-state index contributed by atoms with van der Waals surface area (Å²) in [5, 5.41) is 2.82. The van der Waals surface area contributed by atoms with Crippen LogP contribution in [0, 0.1) is 0 Å². The Morgan fingerprint density at radius 1 is 0.926 bits per heavy atom. The molecule has 0 bridgehead atoms. The molecule has 144 valence electrons. The summed E-state index contributed by atoms with van der Waals surface area (Å²) in [5.41, 5.74) is 2.87. The van der Waals surface area contributed by atoms with E-state index >= 15 is 0 Å². The number of likely N-dealkylation sites (tertiary alicyclic amines) is 1. The van der Waals surface area contributed by atoms with Crippen molar-refractivity contribution in [1.82, 2.24) is 4.90 Å². The van der Waals surface area contributed by atoms with Gasteiger partial charge in [-0.15, -0.1) is 0 Å². The maximum absolute atomic E-state index is 12.4. The van der Waals surface area contributed by atoms with Gasteiger partial charge in [-0.3, -0.25) is 14.4 Å². The average molecular weight is 388 g/mol. The summed E-state index contributed by atoms with van der Waals surface area (Å²) in [7, 11) is -3.31. The van der Waals surface area contributed by atoms with Crippen molar-refractivity contribution in [3.63, 3.8) is 0 Å². The van der Waals surface area contributed by atoms with Crippen molar-refractivity contribution in [3.05, 3.63) is 59.7 Å². The third-order valence-corrected chi connectivity index (χ3v) is 5.12. The first-order valence-electron chi connectivity index (χ1n) is 9.09. The Bertz CT molecular complexity index is 872. The van der Waals surface area contributed by atoms with Crippen molar-refractivity contribution in [2.45, 2.75) is 25.8 Å². The van der Waals surface area contributed by atoms with Crippen molar-refractivity contribution < 1.29 is 13.2 Å². The van der Waals surface area contributed by atoms with Crippen LogP contribution >= 0.6 is 0 Å². The van der Waals surface area contributed by atoms with Crippen molar-refractivity contribution in [1.29, 1.82) is 0 Å². The number of piperidine rings is 1. The molecule has 6 nitrogen and oxygen atoms in total. The van der Waals surface area contributed by atoms with E-state index in [1.165, 1.54) is 24.8 Å². The quantitative estimate of drug-likeness (QED) is 0.797. The van der Waals surface area contributed by atoms with E-state index in [9.17, 15) is 13.2 Å². The Balaban J connectivity index is 1.57. The van der Waals surface area contributed by atoms with Gasteiger partial charge in [0, 0.05) is 23.5 Å². The second-order valence-corrected chi connectivity index (χ2v) is 8.69. The molecule has 0 saturated carbocycles. The molecule has 27 heavy (non-hydrogen) atoms. The second-order valence-electron chi connectivity index (χ2n) is 6.94. The zero-order chi connectivity index (χ0) is 19.3. The highest BCUT2D eigenvalue weighted by atomic mass is 32.2. The first kappa shape index (κ1) is 19.4. The number of nitrogens with one attached hydrogen (secondary N) is 2. The molecule has 1 fully saturated rings. The summed E-state index contributed by atoms with van der Waals surface area (Å²) in [6.45, 7) is 3.22. The summed E-state index contributed by atoms with van der Waals surface area (Å²) in [4.78, 5) is 14.8. The molecule has 7 heteroatoms. The minimum absolute atomic E-state index is 0.191. The highest BCUT2D eigenvalue weighted by molar-refractivity contribution is 7.92. The lowest BCUT2D eigenvalue weighted by atomic mass is 10.1. The molecule has 0 unspecified atom stereocenters. The average Bonchev–Trinajstić information content (AvgIpc) is 2.63. The highest BCUT2D eigenvalue weighted by Gasteiger charge is 2.11. The van der Waals surface area contributed by atoms with Gasteiger partial charge < -0.3 is 5.32 Å². The van der Waals surface area contributed by atoms with Gasteiger partial charge in [0.1, 0.15) is 0 Å². The summed E-state index contributed by atoms with van der Waals surface area (Å²) >= 11 is 0. The van der Waals surface area contributed by atoms with Crippen LogP contribution in [0.15, 0.2) is 48.5 Å². The Morgan fingerprint density at radius 3 is 2.11 bits per heavy atom. The molecule has 3 rings (SSSR count). The van der Waals surface area contributed by atoms with Gasteiger partial charge in [0.2, 0.25) is 10.0 Å². The molecule has 1 saturated heterocycles. The van der Waals surface area contributed by atoms with Crippen LogP contribution in [-0.2, 0) is 16.6 Å². The summed E-state index contributed by atoms with van der Waals surface area (Å²) < 4.78 is 24.8. The second kappa shape index (κ2) is 8.54. The van der Waals surface area contributed by atoms with Crippen LogP contribution in [0.3, 0.4) is 0 Å². The predicted octanol–water partition coefficient (Wildman–Crippen LogP) is 3.30. The van der Waals surface area contributed by atoms with E-state index in [0.29, 0.717) is 16.9 Å². The van der Waals surface area contributed by atoms with E-state index in [-0.39, 0.29) is 5.91 Å². The molecule has 1 amide bonds. The molecule has 1 heterocycles. The molecule has 0 atom stereocenters. The van der Waals surface area contributed by atoms with Crippen molar-refractivity contribution in [3.8, 4) is 0 Å². The molecule has 0 spiro atoms. The van der Waals surface area contributed by atoms with Crippen LogP contribution < -0.4 is 10.0 Å². The van der Waals surface area contributed by atoms with Gasteiger partial charge in [-0.25, -0.2) is 8.42 Å². The number of hydrogen-bond acceptors (Lipinski definition) is 4. The fraction of sp³-hybridized carbons (Fsp3) is 0.350. The zero-order valence-electron chi connectivity index (χ0n) is 15.4. The SMILES string of the molecule is CS(=O)(=O)Nc1ccc(NC(=O)c2ccc(CN3CCCCC3)cc2)cc1. The van der Waals surface area contributed by atoms with Crippen LogP contribution in [0.25, 0.3) is 0 Å². The van der Waals surface area contributed by atoms with Gasteiger partial charge in [-0.1, -0.05) is 18.6 Å². The minimum atomic E-state index is -3.31. The topological polar surface area (TPSA) is 78.5 Å². The zero-order valence-corrected chi connectivity index (χ0v) is 16.3. The van der Waals surface area contributed by atoms with Crippen LogP contribution in [-0.4, -0.2) is 38.6 Å². The van der Waals surface area contributed by atoms with Crippen LogP contribution in [0.4, 0.5) is 11.4 Å². The summed E-state index contributed by atoms with van der Waals surface area (Å²) in [6, 6.07) is 14.2. The summed E-state index contributed by atoms with van der Waals surface area (Å²) in [5.74, 6) is -0.191. The van der Waals surface area contributed by atoms with Gasteiger partial charge in [0.25, 0.3) is 5.91 Å². The Labute approximate surface area is 160 Å². The molecule has 1 aliphatic rings. The number of rotatable bonds is 6. The van der Waals surface area contributed by atoms with E-state index in [0.717, 1.165) is 25.9 Å². The number of hydrogen-bond donors (Lipinski definition) is 2. The first-order valence-corrected chi connectivity index (χ1v) is 11.0. The van der Waals surface area contributed by atoms with Crippen LogP contribution in [0.1, 0.15) is 35.2 Å². The Hall–Kier alpha value is -2.38. The first-order chi connectivity index (χ1) is 12.9. The normalized spacial score (nSPS) is 15.3. The third-order valence-electron chi connectivity index (χ3n) is 4.52. The molecule has 2 N–H and O–H groups in total. The lowest BCUT2D eigenvalue weighted by Gasteiger charge is -2.26. The van der Waals surface area contributed by atoms with E-state index in [2.05, 4.69) is 14.9 Å². The van der Waals surface area contributed by atoms with Gasteiger partial charge in [0.15, 0.2) is 0 Å². The lowest BCUT2D eigenvalue weighted by molar-refractivity contribution is 0.102. The van der Waals surface area contributed by atoms with Gasteiger partial charge >= 0.3 is 0 Å². The largest absolute Gasteiger partial charge is 0.322 e. The molecule has 2 aromatic rings. The Morgan fingerprint density at radius 2 is 1.52 bits per heavy atom. The maximum atomic E-state index is 12.4. The molecule has 2 aromatic carbocycles. The van der Waals surface area contributed by atoms with E-state index in [1.807, 2.05) is 24.3 Å². The van der Waals surface area contributed by atoms with Crippen LogP contribution in [0.2, 0.25) is 0 Å². The monoisotopic (exact) mass is 387 g/mol. The number of carbonyl (C=O) groups excluding carboxylic acids is 1. The van der Waals surface area contributed by atoms with Gasteiger partial charge in [-0.2, -0.15) is 0 Å². The molecule has 0 aromatic heterocycles. The smallest absolute Gasteiger partial charge is 0.255 e. The Kier molecular flexibility index (Phi) is 6.13. The summed E-state index contributed by atoms with van der Waals surface area (Å²) in [6.07, 6.45) is 4.94. The van der Waals surface area contributed by atoms with Crippen molar-refractivity contribution >= 4 is 27.3 Å². The van der Waals surface area contributed by atoms with E-state index in [1.54, 1.807) is 24.3 Å². The number of anilines is 2. The third kappa shape index (κ3) is 6.08. The minimum Gasteiger partial charge on any atom is -0.322 e. The number of sulfonamides is 1. The number of carbonyl (C=O) groups is 1. The van der Waals surface area contributed by atoms with Crippen molar-refractivity contribution in [2.75, 3.05) is 29.4 Å². The number of nitrogens with zero attached hydrogens (tertiary/aromatic N) is 1. The van der Waals surface area contributed by atoms with E-state index < -0.39 is 10.0 Å². The maximum Gasteiger partial charge on any atom is 0.255 e. The predicted molar refractivity (Wildman–Crippen MR) is 108 cm³/mol. The van der Waals surface area contributed by atoms with E-state index in [4.69, 9.17) is 0 Å². The molecular weight excluding hydrogens is 362 g/mol. The standard InChI is InChI=1S/C20H25N3O3S/c1-27(25,26)22-19-11-9-18(10-12-19)21-20(24)17-7-5-16(6-8-17)15-23-13-3-2-4-14-23/h5-12,22H,2-4,13-15H2,1H3,(H,21,24). The van der Waals surface area contributed by atoms with Crippen LogP contribution in [0.5, 0.6) is 0 Å². The fourth-order valence-electron chi connectivity index (χ4n) is 3.18. The highest BCUT2D eigenvalue weighted by Crippen LogP contribution is 2.17. The number of amides is 1. The molecule has 0 aliphatic carbocycles. The van der Waals surface area contributed by atoms with Gasteiger partial charge in [-0.05, 0) is 67.9 Å². The molecule has 0 radical (unpaired) electrons.